The van der Waals surface area contributed by atoms with E-state index in [-0.39, 0.29) is 17.6 Å². The van der Waals surface area contributed by atoms with Crippen LogP contribution in [0.2, 0.25) is 5.02 Å². The van der Waals surface area contributed by atoms with E-state index in [2.05, 4.69) is 22.8 Å². The molecule has 0 saturated heterocycles. The molecule has 0 aliphatic rings. The number of aromatic nitrogens is 2. The Morgan fingerprint density at radius 2 is 1.91 bits per heavy atom. The number of aliphatic hydroxyl groups is 1. The maximum Gasteiger partial charge on any atom is 0.434 e. The van der Waals surface area contributed by atoms with Crippen LogP contribution in [-0.4, -0.2) is 22.4 Å². The Bertz CT molecular complexity index is 1130. The van der Waals surface area contributed by atoms with Crippen LogP contribution in [0.1, 0.15) is 60.1 Å². The van der Waals surface area contributed by atoms with Crippen molar-refractivity contribution in [1.82, 2.24) is 10.2 Å². The minimum Gasteiger partial charge on any atom is -0.495 e. The minimum atomic E-state index is -0.686. The van der Waals surface area contributed by atoms with Crippen molar-refractivity contribution in [3.05, 3.63) is 73.8 Å². The highest BCUT2D eigenvalue weighted by Gasteiger charge is 2.26. The number of nitrogens with zero attached hydrogens (tertiary/aromatic N) is 1. The van der Waals surface area contributed by atoms with Gasteiger partial charge in [0.25, 0.3) is 0 Å². The van der Waals surface area contributed by atoms with E-state index in [9.17, 15) is 14.3 Å². The van der Waals surface area contributed by atoms with Gasteiger partial charge in [-0.2, -0.15) is 0 Å². The number of thiol groups is 1. The quantitative estimate of drug-likeness (QED) is 0.394. The summed E-state index contributed by atoms with van der Waals surface area (Å²) in [5, 5.41) is 15.8. The average molecular weight is 484 g/mol. The number of nitrogens with one attached hydrogen (secondary N) is 1. The molecule has 3 unspecified atom stereocenters. The number of hydrogen-bond donors (Lipinski definition) is 4. The average Bonchev–Trinajstić information content (AvgIpc) is 3.18. The summed E-state index contributed by atoms with van der Waals surface area (Å²) in [5.41, 5.74) is 8.93. The van der Waals surface area contributed by atoms with Crippen LogP contribution >= 0.6 is 24.2 Å². The predicted molar refractivity (Wildman–Crippen MR) is 124 cm³/mol. The number of aryl methyl sites for hydroxylation is 1. The second-order valence-electron chi connectivity index (χ2n) is 7.36. The molecule has 1 aromatic heterocycles. The summed E-state index contributed by atoms with van der Waals surface area (Å²) in [5.74, 6) is -0.724. The Labute approximate surface area is 196 Å². The molecule has 3 aromatic rings. The highest BCUT2D eigenvalue weighted by atomic mass is 35.5. The van der Waals surface area contributed by atoms with Crippen LogP contribution in [0.4, 0.5) is 4.39 Å². The smallest absolute Gasteiger partial charge is 0.434 e. The number of methoxy groups -OCH3 is 1. The van der Waals surface area contributed by atoms with E-state index in [0.717, 1.165) is 11.1 Å². The van der Waals surface area contributed by atoms with Gasteiger partial charge in [-0.05, 0) is 55.7 Å². The molecule has 0 aliphatic heterocycles. The number of aromatic amines is 1. The van der Waals surface area contributed by atoms with Crippen LogP contribution in [0.5, 0.6) is 5.75 Å². The topological polar surface area (TPSA) is 114 Å². The van der Waals surface area contributed by atoms with Crippen molar-refractivity contribution in [1.29, 1.82) is 0 Å². The van der Waals surface area contributed by atoms with Gasteiger partial charge < -0.3 is 20.0 Å². The van der Waals surface area contributed by atoms with Crippen LogP contribution < -0.4 is 16.2 Å². The van der Waals surface area contributed by atoms with E-state index in [0.29, 0.717) is 26.8 Å². The molecule has 0 amide bonds. The first kappa shape index (κ1) is 25.9. The van der Waals surface area contributed by atoms with Crippen LogP contribution in [0.3, 0.4) is 0 Å². The first-order chi connectivity index (χ1) is 15.0. The third-order valence-electron chi connectivity index (χ3n) is 5.21. The molecule has 0 bridgehead atoms. The lowest BCUT2D eigenvalue weighted by atomic mass is 9.88. The van der Waals surface area contributed by atoms with Gasteiger partial charge in [0.05, 0.1) is 24.3 Å². The molecule has 174 valence electrons. The van der Waals surface area contributed by atoms with E-state index < -0.39 is 17.9 Å². The van der Waals surface area contributed by atoms with Gasteiger partial charge in [0.1, 0.15) is 11.6 Å². The molecule has 10 heteroatoms. The third kappa shape index (κ3) is 5.72. The highest BCUT2D eigenvalue weighted by Crippen LogP contribution is 2.36. The second-order valence-corrected chi connectivity index (χ2v) is 8.25. The zero-order valence-corrected chi connectivity index (χ0v) is 20.1. The summed E-state index contributed by atoms with van der Waals surface area (Å²) in [6.45, 7) is 7.17. The first-order valence-corrected chi connectivity index (χ1v) is 10.6. The number of rotatable bonds is 5. The Hall–Kier alpha value is -2.33. The number of hydrogen-bond acceptors (Lipinski definition) is 7. The Kier molecular flexibility index (Phi) is 8.91. The Morgan fingerprint density at radius 1 is 1.25 bits per heavy atom. The van der Waals surface area contributed by atoms with E-state index in [1.165, 1.54) is 13.2 Å². The highest BCUT2D eigenvalue weighted by molar-refractivity contribution is 7.80. The number of benzene rings is 2. The first-order valence-electron chi connectivity index (χ1n) is 9.79. The van der Waals surface area contributed by atoms with Gasteiger partial charge in [-0.1, -0.05) is 24.6 Å². The van der Waals surface area contributed by atoms with Gasteiger partial charge >= 0.3 is 5.76 Å². The fraction of sp³-hybridized carbons (Fsp3) is 0.364. The van der Waals surface area contributed by atoms with Gasteiger partial charge in [0.2, 0.25) is 5.89 Å². The molecule has 4 N–H and O–H groups in total. The maximum atomic E-state index is 14.0. The van der Waals surface area contributed by atoms with Crippen LogP contribution in [0.25, 0.3) is 0 Å². The van der Waals surface area contributed by atoms with Gasteiger partial charge in [-0.25, -0.2) is 14.3 Å². The monoisotopic (exact) mass is 483 g/mol. The largest absolute Gasteiger partial charge is 0.495 e. The lowest BCUT2D eigenvalue weighted by Crippen LogP contribution is -2.20. The molecule has 32 heavy (non-hydrogen) atoms. The fourth-order valence-electron chi connectivity index (χ4n) is 3.31. The van der Waals surface area contributed by atoms with Crippen molar-refractivity contribution in [2.24, 2.45) is 5.73 Å². The SMILES string of the molecule is COc1c(S)ccc(Cl)c1C(C)O.Cc1ccc(F)c(C(C)C(N)c2n[nH]c(=O)o2)c1C. The zero-order chi connectivity index (χ0) is 24.2. The summed E-state index contributed by atoms with van der Waals surface area (Å²) in [6.07, 6.45) is -0.658. The van der Waals surface area contributed by atoms with Gasteiger partial charge in [-0.3, -0.25) is 0 Å². The van der Waals surface area contributed by atoms with E-state index in [1.54, 1.807) is 32.0 Å². The summed E-state index contributed by atoms with van der Waals surface area (Å²) >= 11 is 10.1. The molecule has 3 atom stereocenters. The van der Waals surface area contributed by atoms with Crippen molar-refractivity contribution in [3.8, 4) is 5.75 Å². The predicted octanol–water partition coefficient (Wildman–Crippen LogP) is 4.61. The molecule has 3 rings (SSSR count). The van der Waals surface area contributed by atoms with E-state index in [4.69, 9.17) is 26.5 Å². The maximum absolute atomic E-state index is 14.0. The zero-order valence-electron chi connectivity index (χ0n) is 18.4. The number of ether oxygens (including phenoxy) is 1. The van der Waals surface area contributed by atoms with Crippen molar-refractivity contribution in [2.75, 3.05) is 7.11 Å². The second kappa shape index (κ2) is 11.0. The van der Waals surface area contributed by atoms with Crippen molar-refractivity contribution in [3.63, 3.8) is 0 Å². The van der Waals surface area contributed by atoms with Gasteiger partial charge in [-0.15, -0.1) is 17.7 Å². The van der Waals surface area contributed by atoms with Crippen LogP contribution in [0.15, 0.2) is 38.4 Å². The number of H-pyrrole nitrogens is 1. The van der Waals surface area contributed by atoms with Crippen molar-refractivity contribution in [2.45, 2.75) is 50.7 Å². The van der Waals surface area contributed by atoms with Crippen molar-refractivity contribution < 1.29 is 18.7 Å². The summed E-state index contributed by atoms with van der Waals surface area (Å²) in [7, 11) is 1.53. The standard InChI is InChI=1S/C13H16FN3O2.C9H11ClO2S/c1-6-4-5-9(14)10(7(6)2)8(3)11(15)12-16-17-13(18)19-12;1-5(11)8-6(10)3-4-7(13)9(8)12-2/h4-5,8,11H,15H2,1-3H3,(H,17,18);3-5,11,13H,1-2H3. The Morgan fingerprint density at radius 3 is 2.41 bits per heavy atom. The van der Waals surface area contributed by atoms with Gasteiger partial charge in [0.15, 0.2) is 0 Å². The normalized spacial score (nSPS) is 13.7. The molecule has 0 fully saturated rings. The number of nitrogens with two attached hydrogens (primary N) is 1. The lowest BCUT2D eigenvalue weighted by molar-refractivity contribution is 0.193. The molecule has 0 spiro atoms. The molecule has 2 aromatic carbocycles. The third-order valence-corrected chi connectivity index (χ3v) is 5.89. The molecule has 7 nitrogen and oxygen atoms in total. The van der Waals surface area contributed by atoms with Crippen LogP contribution in [0, 0.1) is 19.7 Å². The fourth-order valence-corrected chi connectivity index (χ4v) is 3.90. The van der Waals surface area contributed by atoms with Crippen molar-refractivity contribution >= 4 is 24.2 Å². The summed E-state index contributed by atoms with van der Waals surface area (Å²) in [6, 6.07) is 5.88. The molecule has 0 aliphatic carbocycles. The Balaban J connectivity index is 0.000000244. The molecular weight excluding hydrogens is 457 g/mol. The van der Waals surface area contributed by atoms with Crippen LogP contribution in [-0.2, 0) is 0 Å². The summed E-state index contributed by atoms with van der Waals surface area (Å²) < 4.78 is 23.9. The van der Waals surface area contributed by atoms with E-state index >= 15 is 0 Å². The summed E-state index contributed by atoms with van der Waals surface area (Å²) in [4.78, 5) is 11.6. The number of aliphatic hydroxyl groups excluding tert-OH is 1. The molecule has 1 heterocycles. The molecular formula is C22H27ClFN3O4S. The minimum absolute atomic E-state index is 0.0813. The van der Waals surface area contributed by atoms with Gasteiger partial charge in [0, 0.05) is 16.4 Å². The number of halogens is 2. The molecule has 0 saturated carbocycles. The molecule has 0 radical (unpaired) electrons. The lowest BCUT2D eigenvalue weighted by Gasteiger charge is -2.20. The van der Waals surface area contributed by atoms with E-state index in [1.807, 2.05) is 13.8 Å².